The van der Waals surface area contributed by atoms with E-state index in [-0.39, 0.29) is 11.6 Å². The molecule has 3 rings (SSSR count). The summed E-state index contributed by atoms with van der Waals surface area (Å²) in [6, 6.07) is 16.7. The van der Waals surface area contributed by atoms with E-state index in [0.29, 0.717) is 11.4 Å². The smallest absolute Gasteiger partial charge is 0.275 e. The summed E-state index contributed by atoms with van der Waals surface area (Å²) < 4.78 is 5.21. The van der Waals surface area contributed by atoms with Crippen molar-refractivity contribution in [3.05, 3.63) is 72.7 Å². The Labute approximate surface area is 134 Å². The van der Waals surface area contributed by atoms with Gasteiger partial charge in [-0.2, -0.15) is 0 Å². The molecule has 0 saturated heterocycles. The first-order valence-electron chi connectivity index (χ1n) is 7.09. The van der Waals surface area contributed by atoms with Crippen LogP contribution in [-0.2, 0) is 0 Å². The average Bonchev–Trinajstić information content (AvgIpc) is 2.63. The van der Waals surface area contributed by atoms with Gasteiger partial charge in [0.2, 0.25) is 0 Å². The van der Waals surface area contributed by atoms with Crippen molar-refractivity contribution < 1.29 is 9.53 Å². The lowest BCUT2D eigenvalue weighted by molar-refractivity contribution is 0.102. The topological polar surface area (TPSA) is 64.1 Å². The van der Waals surface area contributed by atoms with Gasteiger partial charge in [-0.05, 0) is 24.3 Å². The van der Waals surface area contributed by atoms with E-state index in [1.165, 1.54) is 6.20 Å². The van der Waals surface area contributed by atoms with Crippen molar-refractivity contribution in [3.8, 4) is 17.0 Å². The van der Waals surface area contributed by atoms with Crippen molar-refractivity contribution >= 4 is 11.6 Å². The van der Waals surface area contributed by atoms with Crippen LogP contribution in [0, 0.1) is 0 Å². The lowest BCUT2D eigenvalue weighted by atomic mass is 10.1. The summed E-state index contributed by atoms with van der Waals surface area (Å²) in [6.45, 7) is 0. The van der Waals surface area contributed by atoms with Gasteiger partial charge in [-0.1, -0.05) is 30.3 Å². The standard InChI is InChI=1S/C18H15N3O2/c1-23-15-9-5-6-13(10-15)16-11-19-12-17(21-16)18(22)20-14-7-3-2-4-8-14/h2-12H,1H3,(H,20,22). The van der Waals surface area contributed by atoms with E-state index in [1.807, 2.05) is 54.6 Å². The molecule has 1 N–H and O–H groups in total. The van der Waals surface area contributed by atoms with Crippen LogP contribution in [0.1, 0.15) is 10.5 Å². The molecule has 114 valence electrons. The van der Waals surface area contributed by atoms with Crippen LogP contribution in [0.4, 0.5) is 5.69 Å². The SMILES string of the molecule is COc1cccc(-c2cncc(C(=O)Nc3ccccc3)n2)c1. The van der Waals surface area contributed by atoms with Gasteiger partial charge in [0.05, 0.1) is 25.2 Å². The van der Waals surface area contributed by atoms with Crippen molar-refractivity contribution in [1.29, 1.82) is 0 Å². The van der Waals surface area contributed by atoms with Crippen molar-refractivity contribution in [3.63, 3.8) is 0 Å². The molecule has 0 saturated carbocycles. The minimum atomic E-state index is -0.298. The number of para-hydroxylation sites is 1. The Kier molecular flexibility index (Phi) is 4.29. The highest BCUT2D eigenvalue weighted by Crippen LogP contribution is 2.21. The van der Waals surface area contributed by atoms with Crippen LogP contribution in [-0.4, -0.2) is 23.0 Å². The van der Waals surface area contributed by atoms with Crippen molar-refractivity contribution in [2.24, 2.45) is 0 Å². The van der Waals surface area contributed by atoms with E-state index in [1.54, 1.807) is 13.3 Å². The molecule has 1 amide bonds. The van der Waals surface area contributed by atoms with E-state index in [2.05, 4.69) is 15.3 Å². The third-order valence-electron chi connectivity index (χ3n) is 3.26. The summed E-state index contributed by atoms with van der Waals surface area (Å²) in [7, 11) is 1.61. The number of nitrogens with zero attached hydrogens (tertiary/aromatic N) is 2. The number of rotatable bonds is 4. The maximum Gasteiger partial charge on any atom is 0.275 e. The molecule has 23 heavy (non-hydrogen) atoms. The highest BCUT2D eigenvalue weighted by atomic mass is 16.5. The van der Waals surface area contributed by atoms with Gasteiger partial charge >= 0.3 is 0 Å². The van der Waals surface area contributed by atoms with Gasteiger partial charge in [0.15, 0.2) is 0 Å². The second-order valence-corrected chi connectivity index (χ2v) is 4.84. The number of carbonyl (C=O) groups is 1. The molecule has 3 aromatic rings. The van der Waals surface area contributed by atoms with Crippen LogP contribution >= 0.6 is 0 Å². The molecule has 0 aliphatic heterocycles. The molecule has 5 nitrogen and oxygen atoms in total. The van der Waals surface area contributed by atoms with Crippen LogP contribution in [0.3, 0.4) is 0 Å². The second-order valence-electron chi connectivity index (χ2n) is 4.84. The highest BCUT2D eigenvalue weighted by Gasteiger charge is 2.10. The Balaban J connectivity index is 1.86. The number of aromatic nitrogens is 2. The summed E-state index contributed by atoms with van der Waals surface area (Å²) in [5.74, 6) is 0.428. The molecule has 2 aromatic carbocycles. The monoisotopic (exact) mass is 305 g/mol. The fraction of sp³-hybridized carbons (Fsp3) is 0.0556. The Morgan fingerprint density at radius 2 is 1.87 bits per heavy atom. The Morgan fingerprint density at radius 1 is 1.04 bits per heavy atom. The van der Waals surface area contributed by atoms with Gasteiger partial charge in [0.25, 0.3) is 5.91 Å². The largest absolute Gasteiger partial charge is 0.497 e. The first-order chi connectivity index (χ1) is 11.3. The fourth-order valence-corrected chi connectivity index (χ4v) is 2.11. The number of methoxy groups -OCH3 is 1. The molecule has 0 bridgehead atoms. The zero-order valence-electron chi connectivity index (χ0n) is 12.6. The summed E-state index contributed by atoms with van der Waals surface area (Å²) in [5.41, 5.74) is 2.43. The van der Waals surface area contributed by atoms with Gasteiger partial charge in [-0.3, -0.25) is 9.78 Å². The first kappa shape index (κ1) is 14.7. The van der Waals surface area contributed by atoms with Crippen molar-refractivity contribution in [2.75, 3.05) is 12.4 Å². The third-order valence-corrected chi connectivity index (χ3v) is 3.26. The Hall–Kier alpha value is -3.21. The highest BCUT2D eigenvalue weighted by molar-refractivity contribution is 6.02. The zero-order valence-corrected chi connectivity index (χ0v) is 12.6. The third kappa shape index (κ3) is 3.52. The van der Waals surface area contributed by atoms with Crippen LogP contribution in [0.15, 0.2) is 67.0 Å². The van der Waals surface area contributed by atoms with Crippen LogP contribution in [0.25, 0.3) is 11.3 Å². The minimum absolute atomic E-state index is 0.258. The van der Waals surface area contributed by atoms with Crippen LogP contribution in [0.5, 0.6) is 5.75 Å². The van der Waals surface area contributed by atoms with Crippen LogP contribution < -0.4 is 10.1 Å². The second kappa shape index (κ2) is 6.70. The number of carbonyl (C=O) groups excluding carboxylic acids is 1. The van der Waals surface area contributed by atoms with E-state index >= 15 is 0 Å². The molecule has 0 unspecified atom stereocenters. The Bertz CT molecular complexity index is 819. The summed E-state index contributed by atoms with van der Waals surface area (Å²) >= 11 is 0. The Morgan fingerprint density at radius 3 is 2.65 bits per heavy atom. The number of hydrogen-bond acceptors (Lipinski definition) is 4. The number of benzene rings is 2. The fourth-order valence-electron chi connectivity index (χ4n) is 2.11. The van der Waals surface area contributed by atoms with Gasteiger partial charge < -0.3 is 10.1 Å². The molecule has 0 radical (unpaired) electrons. The molecule has 0 spiro atoms. The van der Waals surface area contributed by atoms with Crippen molar-refractivity contribution in [2.45, 2.75) is 0 Å². The molecule has 5 heteroatoms. The summed E-state index contributed by atoms with van der Waals surface area (Å²) in [4.78, 5) is 20.8. The van der Waals surface area contributed by atoms with Gasteiger partial charge in [0, 0.05) is 11.3 Å². The molecule has 0 atom stereocenters. The predicted octanol–water partition coefficient (Wildman–Crippen LogP) is 3.40. The van der Waals surface area contributed by atoms with E-state index in [0.717, 1.165) is 11.3 Å². The molecule has 1 aromatic heterocycles. The molecule has 0 aliphatic carbocycles. The number of amides is 1. The van der Waals surface area contributed by atoms with Crippen LogP contribution in [0.2, 0.25) is 0 Å². The quantitative estimate of drug-likeness (QED) is 0.802. The van der Waals surface area contributed by atoms with Gasteiger partial charge in [0.1, 0.15) is 11.4 Å². The number of hydrogen-bond donors (Lipinski definition) is 1. The van der Waals surface area contributed by atoms with Gasteiger partial charge in [-0.15, -0.1) is 0 Å². The zero-order chi connectivity index (χ0) is 16.1. The maximum absolute atomic E-state index is 12.3. The molecule has 1 heterocycles. The molecular weight excluding hydrogens is 290 g/mol. The van der Waals surface area contributed by atoms with Crippen molar-refractivity contribution in [1.82, 2.24) is 9.97 Å². The number of ether oxygens (including phenoxy) is 1. The first-order valence-corrected chi connectivity index (χ1v) is 7.09. The molecule has 0 fully saturated rings. The molecular formula is C18H15N3O2. The normalized spacial score (nSPS) is 10.1. The lowest BCUT2D eigenvalue weighted by Crippen LogP contribution is -2.14. The predicted molar refractivity (Wildman–Crippen MR) is 88.4 cm³/mol. The summed E-state index contributed by atoms with van der Waals surface area (Å²) in [5, 5.41) is 2.79. The number of anilines is 1. The maximum atomic E-state index is 12.3. The molecule has 0 aliphatic rings. The lowest BCUT2D eigenvalue weighted by Gasteiger charge is -2.07. The van der Waals surface area contributed by atoms with E-state index < -0.39 is 0 Å². The average molecular weight is 305 g/mol. The summed E-state index contributed by atoms with van der Waals surface area (Å²) in [6.07, 6.45) is 3.07. The van der Waals surface area contributed by atoms with Gasteiger partial charge in [-0.25, -0.2) is 4.98 Å². The van der Waals surface area contributed by atoms with E-state index in [9.17, 15) is 4.79 Å². The minimum Gasteiger partial charge on any atom is -0.497 e. The van der Waals surface area contributed by atoms with E-state index in [4.69, 9.17) is 4.74 Å². The number of nitrogens with one attached hydrogen (secondary N) is 1.